The first-order valence-electron chi connectivity index (χ1n) is 1.34. The normalized spacial score (nSPS) is 0.923. The second-order valence-electron chi connectivity index (χ2n) is 0. The smallest absolute Gasteiger partial charge is 0.512 e. The molecule has 0 bridgehead atoms. The summed E-state index contributed by atoms with van der Waals surface area (Å²) in [5, 5.41) is 37.5. The van der Waals surface area contributed by atoms with Crippen molar-refractivity contribution >= 4 is 0 Å². The Hall–Kier alpha value is -2.54. The van der Waals surface area contributed by atoms with Crippen LogP contribution in [0.5, 0.6) is 0 Å². The second-order valence-corrected chi connectivity index (χ2v) is 0. The molecule has 1 radical (unpaired) electrons. The van der Waals surface area contributed by atoms with E-state index < -0.39 is 0 Å². The van der Waals surface area contributed by atoms with Gasteiger partial charge in [-0.15, -0.1) is 0 Å². The summed E-state index contributed by atoms with van der Waals surface area (Å²) in [6, 6.07) is 0. The molecule has 0 fully saturated rings. The van der Waals surface area contributed by atoms with E-state index in [4.69, 9.17) is 71.0 Å². The Morgan fingerprint density at radius 3 is 0.385 bits per heavy atom. The van der Waals surface area contributed by atoms with E-state index in [1.54, 1.807) is 0 Å². The van der Waals surface area contributed by atoms with Crippen molar-refractivity contribution in [1.29, 1.82) is 31.6 Å². The maximum absolute atomic E-state index is 6.25. The molecule has 0 unspecified atom stereocenters. The Bertz CT molecular complexity index is 103. The molecule has 0 aliphatic rings. The molecule has 65 valence electrons. The SMILES string of the molecule is [C-]#N.[C-]#N.[C-]#N.[C-]#N.[C-]#N.[C-]#N.[Fe+3].[H+].[H+].[H+]. The van der Waals surface area contributed by atoms with Crippen LogP contribution < -0.4 is 0 Å². The summed E-state index contributed by atoms with van der Waals surface area (Å²) >= 11 is 0. The second kappa shape index (κ2) is 105. The molecule has 13 heavy (non-hydrogen) atoms. The topological polar surface area (TPSA) is 143 Å². The van der Waals surface area contributed by atoms with E-state index in [2.05, 4.69) is 0 Å². The van der Waals surface area contributed by atoms with E-state index in [-0.39, 0.29) is 21.3 Å². The van der Waals surface area contributed by atoms with Crippen molar-refractivity contribution in [2.45, 2.75) is 0 Å². The van der Waals surface area contributed by atoms with Gasteiger partial charge in [0.05, 0.1) is 0 Å². The molecule has 0 atom stereocenters. The molecule has 0 aliphatic carbocycles. The van der Waals surface area contributed by atoms with Crippen molar-refractivity contribution in [2.24, 2.45) is 0 Å². The zero-order valence-corrected chi connectivity index (χ0v) is 7.14. The fraction of sp³-hybridized carbons (Fsp3) is 0. The minimum atomic E-state index is 0. The summed E-state index contributed by atoms with van der Waals surface area (Å²) in [4.78, 5) is 0. The van der Waals surface area contributed by atoms with Gasteiger partial charge in [0.15, 0.2) is 0 Å². The number of nitrogens with zero attached hydrogens (tertiary/aromatic N) is 6. The Morgan fingerprint density at radius 1 is 0.385 bits per heavy atom. The van der Waals surface area contributed by atoms with Crippen LogP contribution in [0.25, 0.3) is 0 Å². The van der Waals surface area contributed by atoms with Gasteiger partial charge in [-0.2, -0.15) is 0 Å². The zero-order valence-electron chi connectivity index (χ0n) is 9.04. The minimum absolute atomic E-state index is 0. The first-order valence-corrected chi connectivity index (χ1v) is 1.34. The van der Waals surface area contributed by atoms with Crippen LogP contribution >= 0.6 is 0 Å². The molecule has 0 amide bonds. The van der Waals surface area contributed by atoms with Crippen LogP contribution in [0.1, 0.15) is 4.28 Å². The quantitative estimate of drug-likeness (QED) is 0.433. The van der Waals surface area contributed by atoms with E-state index in [0.717, 1.165) is 0 Å². The maximum atomic E-state index is 6.25. The third-order valence-electron chi connectivity index (χ3n) is 0. The molecular formula is C6H3FeN6. The van der Waals surface area contributed by atoms with Gasteiger partial charge in [0, 0.05) is 0 Å². The van der Waals surface area contributed by atoms with Crippen LogP contribution in [0.2, 0.25) is 0 Å². The van der Waals surface area contributed by atoms with E-state index in [0.29, 0.717) is 0 Å². The van der Waals surface area contributed by atoms with Gasteiger partial charge in [-0.1, -0.05) is 0 Å². The molecule has 0 aliphatic heterocycles. The van der Waals surface area contributed by atoms with Crippen molar-refractivity contribution < 1.29 is 21.3 Å². The fourth-order valence-electron chi connectivity index (χ4n) is 0. The van der Waals surface area contributed by atoms with Gasteiger partial charge < -0.3 is 71.0 Å². The van der Waals surface area contributed by atoms with Gasteiger partial charge >= 0.3 is 21.3 Å². The average Bonchev–Trinajstić information content (AvgIpc) is 2.33. The van der Waals surface area contributed by atoms with Crippen LogP contribution in [0.3, 0.4) is 0 Å². The van der Waals surface area contributed by atoms with Gasteiger partial charge in [-0.25, -0.2) is 0 Å². The molecule has 7 heteroatoms. The van der Waals surface area contributed by atoms with Crippen LogP contribution in [0, 0.1) is 71.0 Å². The molecule has 6 nitrogen and oxygen atoms in total. The molecule has 0 spiro atoms. The molecule has 0 saturated carbocycles. The standard InChI is InChI=1S/6CN.Fe/c6*1-2;/q6*-1;+3/p+3. The summed E-state index contributed by atoms with van der Waals surface area (Å²) in [6.45, 7) is 28.5. The van der Waals surface area contributed by atoms with Gasteiger partial charge in [0.2, 0.25) is 0 Å². The van der Waals surface area contributed by atoms with Gasteiger partial charge in [0.25, 0.3) is 0 Å². The molecule has 0 rings (SSSR count). The summed E-state index contributed by atoms with van der Waals surface area (Å²) in [6.07, 6.45) is 0. The molecule has 0 N–H and O–H groups in total. The molecule has 0 heterocycles. The predicted octanol–water partition coefficient (Wildman–Crippen LogP) is 0.913. The van der Waals surface area contributed by atoms with E-state index in [1.807, 2.05) is 0 Å². The number of hydrogen-bond acceptors (Lipinski definition) is 6. The van der Waals surface area contributed by atoms with Crippen LogP contribution in [-0.4, -0.2) is 0 Å². The van der Waals surface area contributed by atoms with Crippen LogP contribution in [0.4, 0.5) is 0 Å². The van der Waals surface area contributed by atoms with Gasteiger partial charge in [-0.3, -0.25) is 0 Å². The first-order chi connectivity index (χ1) is 6.00. The van der Waals surface area contributed by atoms with E-state index >= 15 is 0 Å². The molecule has 0 aromatic carbocycles. The molecule has 0 aromatic heterocycles. The summed E-state index contributed by atoms with van der Waals surface area (Å²) in [5.74, 6) is 0. The summed E-state index contributed by atoms with van der Waals surface area (Å²) in [5.41, 5.74) is 0. The first kappa shape index (κ1) is 78.2. The summed E-state index contributed by atoms with van der Waals surface area (Å²) < 4.78 is 0. The average molecular weight is 215 g/mol. The fourth-order valence-corrected chi connectivity index (χ4v) is 0. The molecule has 0 saturated heterocycles. The number of rotatable bonds is 0. The largest absolute Gasteiger partial charge is 3.00 e. The Kier molecular flexibility index (Phi) is 631. The van der Waals surface area contributed by atoms with Crippen LogP contribution in [-0.2, 0) is 17.1 Å². The Morgan fingerprint density at radius 2 is 0.385 bits per heavy atom. The zero-order chi connectivity index (χ0) is 12.0. The van der Waals surface area contributed by atoms with E-state index in [1.165, 1.54) is 0 Å². The van der Waals surface area contributed by atoms with Crippen molar-refractivity contribution in [3.8, 4) is 0 Å². The molecule has 0 aromatic rings. The monoisotopic (exact) mass is 215 g/mol. The van der Waals surface area contributed by atoms with Crippen LogP contribution in [0.15, 0.2) is 0 Å². The Labute approximate surface area is 93.0 Å². The minimum Gasteiger partial charge on any atom is -0.512 e. The predicted molar refractivity (Wildman–Crippen MR) is 33.1 cm³/mol. The van der Waals surface area contributed by atoms with Crippen molar-refractivity contribution in [3.63, 3.8) is 0 Å². The molecular weight excluding hydrogens is 212 g/mol. The van der Waals surface area contributed by atoms with Gasteiger partial charge in [0.1, 0.15) is 0 Å². The third kappa shape index (κ3) is 81.6. The van der Waals surface area contributed by atoms with Crippen molar-refractivity contribution in [2.75, 3.05) is 0 Å². The number of hydrogen-bond donors (Lipinski definition) is 0. The maximum Gasteiger partial charge on any atom is 3.00 e. The van der Waals surface area contributed by atoms with E-state index in [9.17, 15) is 0 Å². The summed E-state index contributed by atoms with van der Waals surface area (Å²) in [7, 11) is 0. The van der Waals surface area contributed by atoms with Crippen molar-refractivity contribution in [3.05, 3.63) is 39.4 Å². The third-order valence-corrected chi connectivity index (χ3v) is 0. The Balaban J connectivity index is -0.00000000321. The van der Waals surface area contributed by atoms with Crippen molar-refractivity contribution in [1.82, 2.24) is 0 Å². The van der Waals surface area contributed by atoms with Gasteiger partial charge in [-0.05, 0) is 0 Å².